The second kappa shape index (κ2) is 19.5. The Morgan fingerprint density at radius 1 is 0.919 bits per heavy atom. The number of benzene rings is 2. The number of nitrogens with one attached hydrogen (secondary N) is 1. The van der Waals surface area contributed by atoms with Gasteiger partial charge in [-0.25, -0.2) is 0 Å². The van der Waals surface area contributed by atoms with Gasteiger partial charge in [0, 0.05) is 22.2 Å². The number of hydrogen-bond donors (Lipinski definition) is 2. The maximum Gasteiger partial charge on any atom is 0.197 e. The average Bonchev–Trinajstić information content (AvgIpc) is 2.87. The van der Waals surface area contributed by atoms with Gasteiger partial charge in [0.05, 0.1) is 6.61 Å². The summed E-state index contributed by atoms with van der Waals surface area (Å²) in [5.74, 6) is 1.65. The number of unbranched alkanes of at least 4 members (excludes halogenated alkanes) is 3. The first-order valence-corrected chi connectivity index (χ1v) is 16.8. The smallest absolute Gasteiger partial charge is 0.197 e. The summed E-state index contributed by atoms with van der Waals surface area (Å²) < 4.78 is 17.4. The average molecular weight is 536 g/mol. The molecular formula is C32H58NO3P. The van der Waals surface area contributed by atoms with Crippen LogP contribution in [0.15, 0.2) is 42.5 Å². The molecule has 0 aliphatic heterocycles. The molecule has 0 fully saturated rings. The molecule has 2 aromatic carbocycles. The molecule has 2 N–H and O–H groups in total. The van der Waals surface area contributed by atoms with Crippen LogP contribution in [-0.2, 0) is 17.5 Å². The zero-order valence-electron chi connectivity index (χ0n) is 24.5. The second-order valence-corrected chi connectivity index (χ2v) is 12.8. The molecule has 2 atom stereocenters. The van der Waals surface area contributed by atoms with Crippen LogP contribution in [0.25, 0.3) is 0 Å². The van der Waals surface area contributed by atoms with Crippen LogP contribution in [0.2, 0.25) is 0 Å². The lowest BCUT2D eigenvalue weighted by atomic mass is 9.89. The first-order chi connectivity index (χ1) is 17.8. The molecule has 5 heteroatoms. The molecule has 2 rings (SSSR count). The Morgan fingerprint density at radius 3 is 2.24 bits per heavy atom. The van der Waals surface area contributed by atoms with E-state index in [4.69, 9.17) is 4.74 Å². The summed E-state index contributed by atoms with van der Waals surface area (Å²) in [5, 5.41) is 3.34. The second-order valence-electron chi connectivity index (χ2n) is 10.3. The van der Waals surface area contributed by atoms with Gasteiger partial charge < -0.3 is 14.9 Å². The summed E-state index contributed by atoms with van der Waals surface area (Å²) in [4.78, 5) is 9.34. The topological polar surface area (TPSA) is 58.6 Å². The Hall–Kier alpha value is -1.61. The monoisotopic (exact) mass is 535 g/mol. The zero-order chi connectivity index (χ0) is 27.5. The van der Waals surface area contributed by atoms with E-state index in [2.05, 4.69) is 56.4 Å². The molecule has 0 heterocycles. The van der Waals surface area contributed by atoms with Crippen LogP contribution in [-0.4, -0.2) is 30.9 Å². The fourth-order valence-corrected chi connectivity index (χ4v) is 5.21. The SMILES string of the molecule is CC.CCCCCCC(CCCOc1ccc(CNCCCP(C)(=O)O)cc1)Cc1ccc(C)c(C)c1.[HH].[HH]. The van der Waals surface area contributed by atoms with Crippen LogP contribution < -0.4 is 10.1 Å². The van der Waals surface area contributed by atoms with Crippen molar-refractivity contribution < 1.29 is 17.0 Å². The fourth-order valence-electron chi connectivity index (χ4n) is 4.47. The first-order valence-electron chi connectivity index (χ1n) is 14.5. The van der Waals surface area contributed by atoms with Gasteiger partial charge in [0.2, 0.25) is 0 Å². The van der Waals surface area contributed by atoms with Crippen molar-refractivity contribution in [3.63, 3.8) is 0 Å². The molecule has 0 saturated heterocycles. The standard InChI is InChI=1S/C30H48NO3P.C2H6.2H2/c1-5-6-7-8-11-27(23-29-14-13-25(2)26(3)22-29)12-9-20-34-30-17-15-28(16-18-30)24-31-19-10-21-35(4,32)33;1-2;;/h13-18,22,27,31H,5-12,19-21,23-24H2,1-4H3,(H,32,33);1-2H3;2*1H. The lowest BCUT2D eigenvalue weighted by Gasteiger charge is -2.18. The highest BCUT2D eigenvalue weighted by atomic mass is 31.2. The van der Waals surface area contributed by atoms with E-state index in [1.165, 1.54) is 73.9 Å². The van der Waals surface area contributed by atoms with E-state index in [1.807, 2.05) is 26.0 Å². The maximum atomic E-state index is 11.3. The van der Waals surface area contributed by atoms with Gasteiger partial charge in [-0.1, -0.05) is 83.2 Å². The molecule has 0 aromatic heterocycles. The molecule has 0 bridgehead atoms. The van der Waals surface area contributed by atoms with E-state index in [9.17, 15) is 9.46 Å². The third-order valence-electron chi connectivity index (χ3n) is 6.77. The molecule has 0 aliphatic carbocycles. The highest BCUT2D eigenvalue weighted by Crippen LogP contribution is 2.35. The van der Waals surface area contributed by atoms with E-state index < -0.39 is 7.37 Å². The van der Waals surface area contributed by atoms with E-state index in [-0.39, 0.29) is 2.85 Å². The largest absolute Gasteiger partial charge is 0.494 e. The van der Waals surface area contributed by atoms with Gasteiger partial charge >= 0.3 is 0 Å². The predicted molar refractivity (Wildman–Crippen MR) is 166 cm³/mol. The Labute approximate surface area is 231 Å². The molecule has 2 aromatic rings. The van der Waals surface area contributed by atoms with Crippen LogP contribution in [0.1, 0.15) is 97.2 Å². The van der Waals surface area contributed by atoms with Crippen molar-refractivity contribution in [1.82, 2.24) is 5.32 Å². The van der Waals surface area contributed by atoms with E-state index in [0.717, 1.165) is 37.8 Å². The van der Waals surface area contributed by atoms with Gasteiger partial charge in [-0.2, -0.15) is 0 Å². The van der Waals surface area contributed by atoms with E-state index >= 15 is 0 Å². The fraction of sp³-hybridized carbons (Fsp3) is 0.625. The molecular weight excluding hydrogens is 477 g/mol. The van der Waals surface area contributed by atoms with Crippen molar-refractivity contribution in [1.29, 1.82) is 0 Å². The third kappa shape index (κ3) is 16.1. The van der Waals surface area contributed by atoms with Crippen LogP contribution >= 0.6 is 7.37 Å². The summed E-state index contributed by atoms with van der Waals surface area (Å²) in [7, 11) is -2.89. The van der Waals surface area contributed by atoms with Crippen LogP contribution in [0, 0.1) is 19.8 Å². The highest BCUT2D eigenvalue weighted by molar-refractivity contribution is 7.57. The molecule has 0 spiro atoms. The summed E-state index contributed by atoms with van der Waals surface area (Å²) in [6.07, 6.45) is 11.2. The lowest BCUT2D eigenvalue weighted by molar-refractivity contribution is 0.286. The predicted octanol–water partition coefficient (Wildman–Crippen LogP) is 9.19. The molecule has 0 aliphatic rings. The Morgan fingerprint density at radius 2 is 1.59 bits per heavy atom. The van der Waals surface area contributed by atoms with Crippen molar-refractivity contribution in [2.75, 3.05) is 26.0 Å². The van der Waals surface area contributed by atoms with Crippen molar-refractivity contribution in [2.45, 2.75) is 99.0 Å². The summed E-state index contributed by atoms with van der Waals surface area (Å²) in [5.41, 5.74) is 5.43. The van der Waals surface area contributed by atoms with Gasteiger partial charge in [0.25, 0.3) is 0 Å². The Kier molecular flexibility index (Phi) is 17.6. The number of ether oxygens (including phenoxy) is 1. The highest BCUT2D eigenvalue weighted by Gasteiger charge is 2.11. The first kappa shape index (κ1) is 33.4. The quantitative estimate of drug-likeness (QED) is 0.148. The summed E-state index contributed by atoms with van der Waals surface area (Å²) in [6.45, 7) is 14.4. The maximum absolute atomic E-state index is 11.3. The third-order valence-corrected chi connectivity index (χ3v) is 7.91. The number of rotatable bonds is 18. The molecule has 37 heavy (non-hydrogen) atoms. The Bertz CT molecular complexity index is 903. The molecule has 2 unspecified atom stereocenters. The van der Waals surface area contributed by atoms with Gasteiger partial charge in [-0.05, 0) is 86.4 Å². The molecule has 0 amide bonds. The van der Waals surface area contributed by atoms with Gasteiger partial charge in [-0.3, -0.25) is 4.57 Å². The zero-order valence-corrected chi connectivity index (χ0v) is 25.4. The summed E-state index contributed by atoms with van der Waals surface area (Å²) >= 11 is 0. The van der Waals surface area contributed by atoms with Gasteiger partial charge in [0.15, 0.2) is 7.37 Å². The number of aryl methyl sites for hydroxylation is 2. The van der Waals surface area contributed by atoms with Crippen LogP contribution in [0.3, 0.4) is 0 Å². The van der Waals surface area contributed by atoms with E-state index in [1.54, 1.807) is 0 Å². The Balaban J connectivity index is 0. The summed E-state index contributed by atoms with van der Waals surface area (Å²) in [6, 6.07) is 15.2. The normalized spacial score (nSPS) is 13.4. The van der Waals surface area contributed by atoms with Crippen LogP contribution in [0.5, 0.6) is 5.75 Å². The molecule has 214 valence electrons. The number of hydrogen-bond acceptors (Lipinski definition) is 3. The van der Waals surface area contributed by atoms with E-state index in [0.29, 0.717) is 12.6 Å². The van der Waals surface area contributed by atoms with Gasteiger partial charge in [0.1, 0.15) is 5.75 Å². The molecule has 4 nitrogen and oxygen atoms in total. The minimum Gasteiger partial charge on any atom is -0.494 e. The van der Waals surface area contributed by atoms with Crippen molar-refractivity contribution >= 4 is 7.37 Å². The van der Waals surface area contributed by atoms with Crippen molar-refractivity contribution in [3.8, 4) is 5.75 Å². The minimum absolute atomic E-state index is 0. The molecule has 0 radical (unpaired) electrons. The minimum atomic E-state index is -2.89. The van der Waals surface area contributed by atoms with Crippen molar-refractivity contribution in [2.24, 2.45) is 5.92 Å². The van der Waals surface area contributed by atoms with Gasteiger partial charge in [-0.15, -0.1) is 0 Å². The van der Waals surface area contributed by atoms with Crippen LogP contribution in [0.4, 0.5) is 0 Å². The molecule has 0 saturated carbocycles. The van der Waals surface area contributed by atoms with Crippen molar-refractivity contribution in [3.05, 3.63) is 64.7 Å². The lowest BCUT2D eigenvalue weighted by Crippen LogP contribution is -2.15.